The van der Waals surface area contributed by atoms with E-state index < -0.39 is 22.1 Å². The molecule has 4 aromatic carbocycles. The number of rotatable bonds is 6. The first-order chi connectivity index (χ1) is 19.2. The minimum absolute atomic E-state index is 0. The molecule has 3 N–H and O–H groups in total. The molecule has 0 fully saturated rings. The van der Waals surface area contributed by atoms with E-state index in [0.29, 0.717) is 4.90 Å². The summed E-state index contributed by atoms with van der Waals surface area (Å²) in [5, 5.41) is 0. The second-order valence-electron chi connectivity index (χ2n) is 11.3. The van der Waals surface area contributed by atoms with E-state index in [0.717, 1.165) is 38.9 Å². The molecule has 0 aliphatic rings. The third-order valence-corrected chi connectivity index (χ3v) is 10.6. The van der Waals surface area contributed by atoms with Crippen LogP contribution in [0.4, 0.5) is 0 Å². The van der Waals surface area contributed by atoms with Crippen LogP contribution in [0.25, 0.3) is 0 Å². The molecule has 0 aliphatic carbocycles. The Morgan fingerprint density at radius 1 is 0.548 bits per heavy atom. The Balaban J connectivity index is 0.000000433. The molecule has 0 aromatic heterocycles. The largest absolute Gasteiger partial charge is 0.322 e. The maximum absolute atomic E-state index is 13.6. The maximum atomic E-state index is 13.6. The number of aryl methyl sites for hydroxylation is 2. The van der Waals surface area contributed by atoms with Gasteiger partial charge >= 0.3 is 0 Å². The Kier molecular flexibility index (Phi) is 12.5. The SMILES string of the molecule is Cc1c(C)c(C)c(S(=O)(=O)N[C@@H](c2ccccc2)[C@@H](N)c2ccccc2)c(C)c1C.Cc1cc(C)c(C)c(C)c1C.[Ru]. The number of hydrogen-bond acceptors (Lipinski definition) is 3. The summed E-state index contributed by atoms with van der Waals surface area (Å²) >= 11 is 0. The van der Waals surface area contributed by atoms with Crippen LogP contribution in [0.2, 0.25) is 0 Å². The molecular weight excluding hydrogens is 626 g/mol. The average molecular weight is 672 g/mol. The summed E-state index contributed by atoms with van der Waals surface area (Å²) in [7, 11) is -3.81. The molecule has 0 amide bonds. The fraction of sp³-hybridized carbons (Fsp3) is 0.333. The number of sulfonamides is 1. The van der Waals surface area contributed by atoms with Crippen LogP contribution in [0.5, 0.6) is 0 Å². The second-order valence-corrected chi connectivity index (χ2v) is 12.9. The van der Waals surface area contributed by atoms with Gasteiger partial charge in [0.1, 0.15) is 0 Å². The molecule has 42 heavy (non-hydrogen) atoms. The molecule has 0 heterocycles. The van der Waals surface area contributed by atoms with Crippen molar-refractivity contribution in [1.82, 2.24) is 4.72 Å². The van der Waals surface area contributed by atoms with Crippen molar-refractivity contribution >= 4 is 10.0 Å². The van der Waals surface area contributed by atoms with Gasteiger partial charge in [0, 0.05) is 19.5 Å². The molecule has 4 rings (SSSR count). The Bertz CT molecular complexity index is 1580. The van der Waals surface area contributed by atoms with Crippen LogP contribution in [0.3, 0.4) is 0 Å². The van der Waals surface area contributed by atoms with Crippen molar-refractivity contribution in [2.45, 2.75) is 86.2 Å². The summed E-state index contributed by atoms with van der Waals surface area (Å²) in [6.07, 6.45) is 0. The fourth-order valence-electron chi connectivity index (χ4n) is 5.39. The number of benzene rings is 4. The van der Waals surface area contributed by atoms with Crippen LogP contribution < -0.4 is 10.5 Å². The molecule has 0 bridgehead atoms. The van der Waals surface area contributed by atoms with Crippen LogP contribution in [-0.2, 0) is 29.5 Å². The van der Waals surface area contributed by atoms with Crippen molar-refractivity contribution in [3.8, 4) is 0 Å². The van der Waals surface area contributed by atoms with E-state index >= 15 is 0 Å². The Labute approximate surface area is 267 Å². The Morgan fingerprint density at radius 3 is 1.33 bits per heavy atom. The zero-order chi connectivity index (χ0) is 30.6. The molecule has 226 valence electrons. The molecule has 0 spiro atoms. The monoisotopic (exact) mass is 672 g/mol. The molecular formula is C36H46N2O2RuS. The summed E-state index contributed by atoms with van der Waals surface area (Å²) in [4.78, 5) is 0.351. The van der Waals surface area contributed by atoms with Crippen LogP contribution >= 0.6 is 0 Å². The number of hydrogen-bond donors (Lipinski definition) is 2. The predicted molar refractivity (Wildman–Crippen MR) is 173 cm³/mol. The summed E-state index contributed by atoms with van der Waals surface area (Å²) in [5.41, 5.74) is 20.1. The zero-order valence-corrected chi connectivity index (χ0v) is 29.2. The smallest absolute Gasteiger partial charge is 0.241 e. The van der Waals surface area contributed by atoms with Gasteiger partial charge in [-0.05, 0) is 136 Å². The van der Waals surface area contributed by atoms with E-state index in [9.17, 15) is 8.42 Å². The van der Waals surface area contributed by atoms with Crippen LogP contribution in [0.1, 0.15) is 78.8 Å². The molecule has 2 atom stereocenters. The van der Waals surface area contributed by atoms with Crippen molar-refractivity contribution in [3.63, 3.8) is 0 Å². The molecule has 6 heteroatoms. The van der Waals surface area contributed by atoms with E-state index in [2.05, 4.69) is 45.4 Å². The van der Waals surface area contributed by atoms with Gasteiger partial charge in [-0.2, -0.15) is 0 Å². The van der Waals surface area contributed by atoms with Gasteiger partial charge in [-0.3, -0.25) is 0 Å². The summed E-state index contributed by atoms with van der Waals surface area (Å²) in [5.74, 6) is 0. The summed E-state index contributed by atoms with van der Waals surface area (Å²) in [6.45, 7) is 20.7. The molecule has 0 radical (unpaired) electrons. The number of nitrogens with two attached hydrogens (primary N) is 1. The molecule has 0 saturated heterocycles. The first-order valence-electron chi connectivity index (χ1n) is 14.2. The van der Waals surface area contributed by atoms with Gasteiger partial charge in [0.05, 0.1) is 17.0 Å². The van der Waals surface area contributed by atoms with Gasteiger partial charge in [-0.15, -0.1) is 0 Å². The van der Waals surface area contributed by atoms with Gasteiger partial charge in [-0.1, -0.05) is 66.7 Å². The zero-order valence-electron chi connectivity index (χ0n) is 26.7. The number of nitrogens with one attached hydrogen (secondary N) is 1. The van der Waals surface area contributed by atoms with E-state index in [4.69, 9.17) is 5.73 Å². The molecule has 0 saturated carbocycles. The second kappa shape index (κ2) is 14.7. The summed E-state index contributed by atoms with van der Waals surface area (Å²) < 4.78 is 30.2. The minimum atomic E-state index is -3.81. The Hall–Kier alpha value is -2.63. The van der Waals surface area contributed by atoms with Gasteiger partial charge in [-0.25, -0.2) is 13.1 Å². The van der Waals surface area contributed by atoms with Gasteiger partial charge in [0.15, 0.2) is 0 Å². The van der Waals surface area contributed by atoms with E-state index in [1.54, 1.807) is 0 Å². The summed E-state index contributed by atoms with van der Waals surface area (Å²) in [6, 6.07) is 20.2. The van der Waals surface area contributed by atoms with Gasteiger partial charge < -0.3 is 5.73 Å². The minimum Gasteiger partial charge on any atom is -0.322 e. The van der Waals surface area contributed by atoms with Gasteiger partial charge in [0.25, 0.3) is 0 Å². The van der Waals surface area contributed by atoms with Crippen molar-refractivity contribution in [3.05, 3.63) is 133 Å². The van der Waals surface area contributed by atoms with E-state index in [1.807, 2.05) is 95.3 Å². The quantitative estimate of drug-likeness (QED) is 0.203. The first kappa shape index (κ1) is 35.6. The van der Waals surface area contributed by atoms with Crippen LogP contribution in [-0.4, -0.2) is 8.42 Å². The van der Waals surface area contributed by atoms with E-state index in [-0.39, 0.29) is 19.5 Å². The van der Waals surface area contributed by atoms with Crippen molar-refractivity contribution in [1.29, 1.82) is 0 Å². The third-order valence-electron chi connectivity index (χ3n) is 8.93. The normalized spacial score (nSPS) is 12.5. The predicted octanol–water partition coefficient (Wildman–Crippen LogP) is 8.17. The van der Waals surface area contributed by atoms with Crippen molar-refractivity contribution in [2.24, 2.45) is 5.73 Å². The van der Waals surface area contributed by atoms with Gasteiger partial charge in [0.2, 0.25) is 10.0 Å². The van der Waals surface area contributed by atoms with Crippen molar-refractivity contribution < 1.29 is 27.9 Å². The van der Waals surface area contributed by atoms with Crippen molar-refractivity contribution in [2.75, 3.05) is 0 Å². The van der Waals surface area contributed by atoms with Crippen LogP contribution in [0, 0.1) is 69.2 Å². The maximum Gasteiger partial charge on any atom is 0.241 e. The Morgan fingerprint density at radius 2 is 0.905 bits per heavy atom. The molecule has 0 unspecified atom stereocenters. The average Bonchev–Trinajstić information content (AvgIpc) is 2.96. The molecule has 4 nitrogen and oxygen atoms in total. The van der Waals surface area contributed by atoms with E-state index in [1.165, 1.54) is 27.8 Å². The third kappa shape index (κ3) is 7.65. The van der Waals surface area contributed by atoms with Crippen LogP contribution in [0.15, 0.2) is 71.6 Å². The molecule has 4 aromatic rings. The fourth-order valence-corrected chi connectivity index (χ4v) is 7.23. The molecule has 0 aliphatic heterocycles. The first-order valence-corrected chi connectivity index (χ1v) is 15.7. The topological polar surface area (TPSA) is 72.2 Å². The standard InChI is InChI=1S/C25H30N2O2S.C11H16.Ru/c1-16-17(2)19(4)25(20(5)18(16)3)30(28,29)27-24(22-14-10-7-11-15-22)23(26)21-12-8-6-9-13-21;1-7-6-8(2)10(4)11(5)9(7)3;/h6-15,23-24,27H,26H2,1-5H3;6H,1-5H3;/t23-,24-;;/m0../s1.